The van der Waals surface area contributed by atoms with E-state index in [4.69, 9.17) is 5.73 Å². The van der Waals surface area contributed by atoms with Crippen molar-refractivity contribution in [3.8, 4) is 0 Å². The number of nitrogens with one attached hydrogen (secondary N) is 1. The number of rotatable bonds is 1. The highest BCUT2D eigenvalue weighted by Crippen LogP contribution is 2.52. The maximum absolute atomic E-state index is 11.2. The zero-order chi connectivity index (χ0) is 11.9. The van der Waals surface area contributed by atoms with Gasteiger partial charge in [0.1, 0.15) is 0 Å². The molecule has 1 heterocycles. The van der Waals surface area contributed by atoms with Gasteiger partial charge in [-0.3, -0.25) is 0 Å². The molecule has 4 heteroatoms. The molecule has 1 spiro atoms. The van der Waals surface area contributed by atoms with Gasteiger partial charge in [-0.25, -0.2) is 4.79 Å². The summed E-state index contributed by atoms with van der Waals surface area (Å²) in [6.45, 7) is 2.30. The Kier molecular flexibility index (Phi) is 2.33. The SMILES string of the molecule is NC(=O)N1CCNC2(CC2c2ccccc2)C1. The van der Waals surface area contributed by atoms with Gasteiger partial charge < -0.3 is 16.0 Å². The molecule has 0 aromatic heterocycles. The first-order valence-corrected chi connectivity index (χ1v) is 6.06. The third kappa shape index (κ3) is 1.78. The molecule has 1 aliphatic heterocycles. The maximum Gasteiger partial charge on any atom is 0.314 e. The summed E-state index contributed by atoms with van der Waals surface area (Å²) in [5.74, 6) is 0.519. The molecule has 0 bridgehead atoms. The Balaban J connectivity index is 1.75. The third-order valence-corrected chi connectivity index (χ3v) is 3.92. The van der Waals surface area contributed by atoms with Gasteiger partial charge in [0.05, 0.1) is 0 Å². The number of amides is 2. The van der Waals surface area contributed by atoms with Crippen molar-refractivity contribution in [2.24, 2.45) is 5.73 Å². The monoisotopic (exact) mass is 231 g/mol. The molecule has 1 aromatic carbocycles. The number of nitrogens with two attached hydrogens (primary N) is 1. The van der Waals surface area contributed by atoms with Crippen molar-refractivity contribution in [3.63, 3.8) is 0 Å². The minimum atomic E-state index is -0.301. The van der Waals surface area contributed by atoms with Crippen LogP contribution in [-0.4, -0.2) is 36.1 Å². The van der Waals surface area contributed by atoms with Crippen LogP contribution in [0.15, 0.2) is 30.3 Å². The van der Waals surface area contributed by atoms with Crippen LogP contribution in [0.4, 0.5) is 4.79 Å². The number of carbonyl (C=O) groups excluding carboxylic acids is 1. The van der Waals surface area contributed by atoms with Crippen LogP contribution in [0.3, 0.4) is 0 Å². The van der Waals surface area contributed by atoms with Gasteiger partial charge in [0.2, 0.25) is 0 Å². The lowest BCUT2D eigenvalue weighted by Crippen LogP contribution is -2.56. The number of urea groups is 1. The molecule has 17 heavy (non-hydrogen) atoms. The Morgan fingerprint density at radius 1 is 1.41 bits per heavy atom. The Morgan fingerprint density at radius 2 is 2.18 bits per heavy atom. The summed E-state index contributed by atoms with van der Waals surface area (Å²) in [4.78, 5) is 13.0. The van der Waals surface area contributed by atoms with Crippen molar-refractivity contribution in [1.82, 2.24) is 10.2 Å². The van der Waals surface area contributed by atoms with Gasteiger partial charge in [-0.2, -0.15) is 0 Å². The summed E-state index contributed by atoms with van der Waals surface area (Å²) >= 11 is 0. The zero-order valence-corrected chi connectivity index (χ0v) is 9.73. The predicted molar refractivity (Wildman–Crippen MR) is 65.7 cm³/mol. The fourth-order valence-electron chi connectivity index (χ4n) is 2.90. The van der Waals surface area contributed by atoms with E-state index in [1.54, 1.807) is 4.90 Å². The van der Waals surface area contributed by atoms with Gasteiger partial charge >= 0.3 is 6.03 Å². The van der Waals surface area contributed by atoms with E-state index in [-0.39, 0.29) is 11.6 Å². The van der Waals surface area contributed by atoms with Gasteiger partial charge in [0.15, 0.2) is 0 Å². The number of hydrogen-bond acceptors (Lipinski definition) is 2. The van der Waals surface area contributed by atoms with E-state index in [9.17, 15) is 4.79 Å². The zero-order valence-electron chi connectivity index (χ0n) is 9.73. The minimum absolute atomic E-state index is 0.0780. The van der Waals surface area contributed by atoms with E-state index in [1.165, 1.54) is 5.56 Å². The predicted octanol–water partition coefficient (Wildman–Crippen LogP) is 0.897. The first kappa shape index (κ1) is 10.6. The number of nitrogens with zero attached hydrogens (tertiary/aromatic N) is 1. The molecule has 1 saturated carbocycles. The second kappa shape index (κ2) is 3.74. The van der Waals surface area contributed by atoms with E-state index in [2.05, 4.69) is 29.6 Å². The standard InChI is InChI=1S/C13H17N3O/c14-12(17)16-7-6-15-13(9-16)8-11(13)10-4-2-1-3-5-10/h1-5,11,15H,6-9H2,(H2,14,17). The van der Waals surface area contributed by atoms with Crippen molar-refractivity contribution < 1.29 is 4.79 Å². The summed E-state index contributed by atoms with van der Waals surface area (Å²) in [5, 5.41) is 3.55. The van der Waals surface area contributed by atoms with Crippen LogP contribution in [0, 0.1) is 0 Å². The highest BCUT2D eigenvalue weighted by molar-refractivity contribution is 5.72. The van der Waals surface area contributed by atoms with Crippen LogP contribution >= 0.6 is 0 Å². The van der Waals surface area contributed by atoms with Gasteiger partial charge in [-0.15, -0.1) is 0 Å². The molecule has 2 atom stereocenters. The van der Waals surface area contributed by atoms with E-state index in [0.29, 0.717) is 5.92 Å². The summed E-state index contributed by atoms with van der Waals surface area (Å²) in [6.07, 6.45) is 1.10. The van der Waals surface area contributed by atoms with Crippen molar-refractivity contribution in [1.29, 1.82) is 0 Å². The molecular formula is C13H17N3O. The number of carbonyl (C=O) groups is 1. The molecule has 2 unspecified atom stereocenters. The number of hydrogen-bond donors (Lipinski definition) is 2. The molecule has 0 radical (unpaired) electrons. The first-order chi connectivity index (χ1) is 8.21. The summed E-state index contributed by atoms with van der Waals surface area (Å²) in [5.41, 5.74) is 6.79. The highest BCUT2D eigenvalue weighted by Gasteiger charge is 2.56. The third-order valence-electron chi connectivity index (χ3n) is 3.92. The fourth-order valence-corrected chi connectivity index (χ4v) is 2.90. The van der Waals surface area contributed by atoms with E-state index in [0.717, 1.165) is 26.1 Å². The van der Waals surface area contributed by atoms with Gasteiger partial charge in [0, 0.05) is 31.1 Å². The molecular weight excluding hydrogens is 214 g/mol. The normalized spacial score (nSPS) is 31.5. The van der Waals surface area contributed by atoms with Crippen molar-refractivity contribution in [2.75, 3.05) is 19.6 Å². The molecule has 1 aromatic rings. The second-order valence-corrected chi connectivity index (χ2v) is 5.01. The van der Waals surface area contributed by atoms with Crippen LogP contribution in [0.5, 0.6) is 0 Å². The Morgan fingerprint density at radius 3 is 2.88 bits per heavy atom. The average molecular weight is 231 g/mol. The topological polar surface area (TPSA) is 58.4 Å². The molecule has 90 valence electrons. The maximum atomic E-state index is 11.2. The van der Waals surface area contributed by atoms with Crippen molar-refractivity contribution >= 4 is 6.03 Å². The molecule has 3 rings (SSSR count). The highest BCUT2D eigenvalue weighted by atomic mass is 16.2. The van der Waals surface area contributed by atoms with E-state index < -0.39 is 0 Å². The van der Waals surface area contributed by atoms with Crippen LogP contribution in [-0.2, 0) is 0 Å². The largest absolute Gasteiger partial charge is 0.351 e. The molecule has 2 fully saturated rings. The minimum Gasteiger partial charge on any atom is -0.351 e. The quantitative estimate of drug-likeness (QED) is 0.754. The molecule has 4 nitrogen and oxygen atoms in total. The van der Waals surface area contributed by atoms with Crippen LogP contribution < -0.4 is 11.1 Å². The molecule has 2 amide bonds. The van der Waals surface area contributed by atoms with Gasteiger partial charge in [0.25, 0.3) is 0 Å². The lowest BCUT2D eigenvalue weighted by atomic mass is 10.0. The van der Waals surface area contributed by atoms with Crippen molar-refractivity contribution in [3.05, 3.63) is 35.9 Å². The van der Waals surface area contributed by atoms with Crippen LogP contribution in [0.1, 0.15) is 17.9 Å². The summed E-state index contributed by atoms with van der Waals surface area (Å²) in [7, 11) is 0. The number of piperazine rings is 1. The van der Waals surface area contributed by atoms with Gasteiger partial charge in [-0.1, -0.05) is 30.3 Å². The van der Waals surface area contributed by atoms with Gasteiger partial charge in [-0.05, 0) is 12.0 Å². The Labute approximate surface area is 101 Å². The number of benzene rings is 1. The Hall–Kier alpha value is -1.55. The molecule has 1 aliphatic carbocycles. The average Bonchev–Trinajstić information content (AvgIpc) is 3.04. The molecule has 1 saturated heterocycles. The summed E-state index contributed by atoms with van der Waals surface area (Å²) in [6, 6.07) is 10.2. The van der Waals surface area contributed by atoms with Crippen molar-refractivity contribution in [2.45, 2.75) is 17.9 Å². The van der Waals surface area contributed by atoms with E-state index in [1.807, 2.05) is 6.07 Å². The van der Waals surface area contributed by atoms with Crippen LogP contribution in [0.2, 0.25) is 0 Å². The Bertz CT molecular complexity index is 434. The number of primary amides is 1. The van der Waals surface area contributed by atoms with Crippen LogP contribution in [0.25, 0.3) is 0 Å². The smallest absolute Gasteiger partial charge is 0.314 e. The lowest BCUT2D eigenvalue weighted by molar-refractivity contribution is 0.179. The summed E-state index contributed by atoms with van der Waals surface area (Å²) < 4.78 is 0. The van der Waals surface area contributed by atoms with E-state index >= 15 is 0 Å². The first-order valence-electron chi connectivity index (χ1n) is 6.06. The fraction of sp³-hybridized carbons (Fsp3) is 0.462. The molecule has 3 N–H and O–H groups in total. The second-order valence-electron chi connectivity index (χ2n) is 5.01. The molecule has 2 aliphatic rings. The lowest BCUT2D eigenvalue weighted by Gasteiger charge is -2.33.